The minimum absolute atomic E-state index is 0.142. The van der Waals surface area contributed by atoms with Crippen molar-refractivity contribution < 1.29 is 18.0 Å². The molecule has 0 saturated carbocycles. The second-order valence-electron chi connectivity index (χ2n) is 6.40. The number of carbonyl (C=O) groups is 1. The maximum Gasteiger partial charge on any atom is 0.392 e. The number of hydrogen-bond donors (Lipinski definition) is 1. The van der Waals surface area contributed by atoms with Crippen LogP contribution in [0.5, 0.6) is 0 Å². The van der Waals surface area contributed by atoms with Gasteiger partial charge in [-0.15, -0.1) is 0 Å². The minimum atomic E-state index is -4.24. The maximum absolute atomic E-state index is 13.0. The molecule has 0 spiro atoms. The Morgan fingerprint density at radius 3 is 2.06 bits per heavy atom. The van der Waals surface area contributed by atoms with Crippen molar-refractivity contribution in [2.75, 3.05) is 6.54 Å². The Morgan fingerprint density at radius 1 is 1.17 bits per heavy atom. The molecule has 2 nitrogen and oxygen atoms in total. The predicted molar refractivity (Wildman–Crippen MR) is 64.1 cm³/mol. The highest BCUT2D eigenvalue weighted by atomic mass is 19.4. The van der Waals surface area contributed by atoms with Crippen molar-refractivity contribution in [2.24, 2.45) is 23.2 Å². The molecule has 0 aromatic heterocycles. The van der Waals surface area contributed by atoms with E-state index in [9.17, 15) is 18.0 Å². The molecule has 106 valence electrons. The van der Waals surface area contributed by atoms with Gasteiger partial charge in [-0.1, -0.05) is 34.6 Å². The van der Waals surface area contributed by atoms with Gasteiger partial charge in [0.05, 0.1) is 12.0 Å². The summed E-state index contributed by atoms with van der Waals surface area (Å²) in [5.74, 6) is -2.77. The van der Waals surface area contributed by atoms with E-state index in [-0.39, 0.29) is 12.3 Å². The summed E-state index contributed by atoms with van der Waals surface area (Å²) < 4.78 is 39.1. The van der Waals surface area contributed by atoms with E-state index in [0.29, 0.717) is 0 Å². The topological polar surface area (TPSA) is 29.1 Å². The number of hydrogen-bond acceptors (Lipinski definition) is 2. The molecule has 0 aliphatic carbocycles. The fourth-order valence-electron chi connectivity index (χ4n) is 2.77. The third-order valence-electron chi connectivity index (χ3n) is 3.76. The average molecular weight is 265 g/mol. The number of Topliss-reactive ketones (excluding diaryl/α,β-unsaturated/α-hetero) is 1. The maximum atomic E-state index is 13.0. The Balaban J connectivity index is 2.96. The zero-order chi connectivity index (χ0) is 14.3. The molecule has 1 aliphatic heterocycles. The first-order valence-electron chi connectivity index (χ1n) is 6.30. The summed E-state index contributed by atoms with van der Waals surface area (Å²) in [7, 11) is 0. The van der Waals surface area contributed by atoms with Crippen LogP contribution in [0.25, 0.3) is 0 Å². The molecule has 0 amide bonds. The van der Waals surface area contributed by atoms with Crippen molar-refractivity contribution in [3.63, 3.8) is 0 Å². The van der Waals surface area contributed by atoms with Gasteiger partial charge in [-0.2, -0.15) is 13.2 Å². The average Bonchev–Trinajstić information content (AvgIpc) is 2.13. The summed E-state index contributed by atoms with van der Waals surface area (Å²) in [5, 5.41) is 2.98. The molecule has 0 radical (unpaired) electrons. The molecule has 0 aromatic rings. The molecular formula is C13H22F3NO. The first-order chi connectivity index (χ1) is 7.96. The molecule has 1 aliphatic rings. The predicted octanol–water partition coefficient (Wildman–Crippen LogP) is 3.02. The Labute approximate surface area is 106 Å². The van der Waals surface area contributed by atoms with Gasteiger partial charge in [0.15, 0.2) is 5.78 Å². The van der Waals surface area contributed by atoms with Crippen LogP contribution in [0.1, 0.15) is 34.6 Å². The lowest BCUT2D eigenvalue weighted by Crippen LogP contribution is -2.58. The molecule has 1 saturated heterocycles. The number of ketones is 1. The first-order valence-corrected chi connectivity index (χ1v) is 6.30. The lowest BCUT2D eigenvalue weighted by Gasteiger charge is -2.42. The van der Waals surface area contributed by atoms with E-state index in [1.54, 1.807) is 27.7 Å². The lowest BCUT2D eigenvalue weighted by atomic mass is 9.71. The van der Waals surface area contributed by atoms with Crippen molar-refractivity contribution in [1.29, 1.82) is 0 Å². The van der Waals surface area contributed by atoms with Crippen molar-refractivity contribution in [1.82, 2.24) is 5.32 Å². The van der Waals surface area contributed by atoms with Crippen LogP contribution < -0.4 is 5.32 Å². The molecule has 0 bridgehead atoms. The van der Waals surface area contributed by atoms with E-state index in [1.165, 1.54) is 6.92 Å². The van der Waals surface area contributed by atoms with Gasteiger partial charge < -0.3 is 5.32 Å². The van der Waals surface area contributed by atoms with E-state index < -0.39 is 35.4 Å². The largest absolute Gasteiger partial charge is 0.392 e. The van der Waals surface area contributed by atoms with Crippen molar-refractivity contribution >= 4 is 5.78 Å². The summed E-state index contributed by atoms with van der Waals surface area (Å²) >= 11 is 0. The highest BCUT2D eigenvalue weighted by Gasteiger charge is 2.52. The fraction of sp³-hybridized carbons (Fsp3) is 0.923. The van der Waals surface area contributed by atoms with E-state index in [2.05, 4.69) is 5.32 Å². The van der Waals surface area contributed by atoms with Crippen molar-refractivity contribution in [3.8, 4) is 0 Å². The van der Waals surface area contributed by atoms with E-state index in [4.69, 9.17) is 0 Å². The molecular weight excluding hydrogens is 243 g/mol. The van der Waals surface area contributed by atoms with E-state index >= 15 is 0 Å². The van der Waals surface area contributed by atoms with Crippen molar-refractivity contribution in [2.45, 2.75) is 46.8 Å². The SMILES string of the molecule is CC1CNC(C(=O)C(C)(C)C)C(C)C1C(F)(F)F. The van der Waals surface area contributed by atoms with Gasteiger partial charge in [0.2, 0.25) is 0 Å². The Hall–Kier alpha value is -0.580. The fourth-order valence-corrected chi connectivity index (χ4v) is 2.77. The summed E-state index contributed by atoms with van der Waals surface area (Å²) in [6, 6.07) is -0.701. The van der Waals surface area contributed by atoms with Gasteiger partial charge in [-0.25, -0.2) is 0 Å². The quantitative estimate of drug-likeness (QED) is 0.789. The number of rotatable bonds is 1. The number of carbonyl (C=O) groups excluding carboxylic acids is 1. The van der Waals surface area contributed by atoms with Crippen LogP contribution in [-0.4, -0.2) is 24.5 Å². The third kappa shape index (κ3) is 3.05. The summed E-state index contributed by atoms with van der Waals surface area (Å²) in [4.78, 5) is 12.2. The smallest absolute Gasteiger partial charge is 0.307 e. The number of piperidine rings is 1. The molecule has 4 atom stereocenters. The number of halogens is 3. The van der Waals surface area contributed by atoms with Gasteiger partial charge >= 0.3 is 6.18 Å². The summed E-state index contributed by atoms with van der Waals surface area (Å²) in [6.45, 7) is 8.56. The van der Waals surface area contributed by atoms with Gasteiger partial charge in [0, 0.05) is 5.41 Å². The highest BCUT2D eigenvalue weighted by Crippen LogP contribution is 2.42. The monoisotopic (exact) mass is 265 g/mol. The molecule has 1 heterocycles. The Bertz CT molecular complexity index is 319. The highest BCUT2D eigenvalue weighted by molar-refractivity contribution is 5.89. The number of nitrogens with one attached hydrogen (secondary N) is 1. The molecule has 1 rings (SSSR count). The van der Waals surface area contributed by atoms with Gasteiger partial charge in [0.25, 0.3) is 0 Å². The zero-order valence-electron chi connectivity index (χ0n) is 11.6. The van der Waals surface area contributed by atoms with Crippen LogP contribution in [-0.2, 0) is 4.79 Å². The molecule has 4 unspecified atom stereocenters. The van der Waals surface area contributed by atoms with Gasteiger partial charge in [0.1, 0.15) is 0 Å². The molecule has 1 fully saturated rings. The normalized spacial score (nSPS) is 34.4. The van der Waals surface area contributed by atoms with Crippen molar-refractivity contribution in [3.05, 3.63) is 0 Å². The van der Waals surface area contributed by atoms with E-state index in [0.717, 1.165) is 0 Å². The molecule has 1 N–H and O–H groups in total. The summed E-state index contributed by atoms with van der Waals surface area (Å²) in [6.07, 6.45) is -4.24. The van der Waals surface area contributed by atoms with Gasteiger partial charge in [-0.3, -0.25) is 4.79 Å². The molecule has 5 heteroatoms. The second-order valence-corrected chi connectivity index (χ2v) is 6.40. The number of alkyl halides is 3. The standard InChI is InChI=1S/C13H22F3NO/c1-7-6-17-10(11(18)12(3,4)5)8(2)9(7)13(14,15)16/h7-10,17H,6H2,1-5H3. The van der Waals surface area contributed by atoms with Gasteiger partial charge in [-0.05, 0) is 18.4 Å². The van der Waals surface area contributed by atoms with Crippen LogP contribution in [0, 0.1) is 23.2 Å². The first kappa shape index (κ1) is 15.5. The molecule has 18 heavy (non-hydrogen) atoms. The van der Waals surface area contributed by atoms with Crippen LogP contribution in [0.4, 0.5) is 13.2 Å². The summed E-state index contributed by atoms with van der Waals surface area (Å²) in [5.41, 5.74) is -0.622. The Morgan fingerprint density at radius 2 is 1.67 bits per heavy atom. The van der Waals surface area contributed by atoms with E-state index in [1.807, 2.05) is 0 Å². The van der Waals surface area contributed by atoms with Crippen LogP contribution in [0.2, 0.25) is 0 Å². The lowest BCUT2D eigenvalue weighted by molar-refractivity contribution is -0.209. The zero-order valence-corrected chi connectivity index (χ0v) is 11.6. The minimum Gasteiger partial charge on any atom is -0.307 e. The Kier molecular flexibility index (Phi) is 4.16. The molecule has 0 aromatic carbocycles. The van der Waals surface area contributed by atoms with Crippen LogP contribution in [0.3, 0.4) is 0 Å². The third-order valence-corrected chi connectivity index (χ3v) is 3.76. The second kappa shape index (κ2) is 4.83. The van der Waals surface area contributed by atoms with Crippen LogP contribution in [0.15, 0.2) is 0 Å². The van der Waals surface area contributed by atoms with Crippen LogP contribution >= 0.6 is 0 Å².